The van der Waals surface area contributed by atoms with E-state index >= 15 is 0 Å². The molecule has 0 atom stereocenters. The molecule has 0 aliphatic heterocycles. The number of ether oxygens (including phenoxy) is 1. The molecule has 0 unspecified atom stereocenters. The fourth-order valence-electron chi connectivity index (χ4n) is 2.64. The SMILES string of the molecule is CCN(CC)S(=O)(=O)c1cc(C(=O)Nc2ccc(OC(C)C)cc2)ccc1Cl. The highest BCUT2D eigenvalue weighted by molar-refractivity contribution is 7.89. The summed E-state index contributed by atoms with van der Waals surface area (Å²) in [6.45, 7) is 7.99. The highest BCUT2D eigenvalue weighted by Crippen LogP contribution is 2.26. The molecule has 28 heavy (non-hydrogen) atoms. The van der Waals surface area contributed by atoms with E-state index in [4.69, 9.17) is 16.3 Å². The van der Waals surface area contributed by atoms with Gasteiger partial charge in [-0.3, -0.25) is 4.79 Å². The van der Waals surface area contributed by atoms with E-state index in [-0.39, 0.29) is 21.6 Å². The second kappa shape index (κ2) is 9.41. The van der Waals surface area contributed by atoms with Crippen molar-refractivity contribution < 1.29 is 17.9 Å². The summed E-state index contributed by atoms with van der Waals surface area (Å²) in [5.41, 5.74) is 0.779. The molecule has 8 heteroatoms. The predicted molar refractivity (Wildman–Crippen MR) is 112 cm³/mol. The van der Waals surface area contributed by atoms with Crippen LogP contribution in [-0.4, -0.2) is 37.8 Å². The van der Waals surface area contributed by atoms with Crippen molar-refractivity contribution in [3.05, 3.63) is 53.1 Å². The Kier molecular flexibility index (Phi) is 7.46. The lowest BCUT2D eigenvalue weighted by atomic mass is 10.2. The van der Waals surface area contributed by atoms with Gasteiger partial charge in [0, 0.05) is 24.3 Å². The van der Waals surface area contributed by atoms with Crippen LogP contribution in [0, 0.1) is 0 Å². The number of rotatable bonds is 8. The lowest BCUT2D eigenvalue weighted by molar-refractivity contribution is 0.102. The van der Waals surface area contributed by atoms with Gasteiger partial charge in [-0.1, -0.05) is 25.4 Å². The third-order valence-electron chi connectivity index (χ3n) is 4.00. The molecule has 1 N–H and O–H groups in total. The van der Waals surface area contributed by atoms with E-state index in [2.05, 4.69) is 5.32 Å². The minimum atomic E-state index is -3.77. The lowest BCUT2D eigenvalue weighted by Crippen LogP contribution is -2.31. The number of nitrogens with zero attached hydrogens (tertiary/aromatic N) is 1. The molecular weight excluding hydrogens is 400 g/mol. The number of sulfonamides is 1. The maximum Gasteiger partial charge on any atom is 0.255 e. The van der Waals surface area contributed by atoms with Gasteiger partial charge in [0.15, 0.2) is 0 Å². The first-order valence-corrected chi connectivity index (χ1v) is 10.9. The highest BCUT2D eigenvalue weighted by Gasteiger charge is 2.25. The zero-order chi connectivity index (χ0) is 20.9. The number of carbonyl (C=O) groups excluding carboxylic acids is 1. The molecule has 0 spiro atoms. The van der Waals surface area contributed by atoms with Gasteiger partial charge in [0.1, 0.15) is 10.6 Å². The number of amides is 1. The molecule has 2 aromatic carbocycles. The molecule has 1 amide bonds. The minimum Gasteiger partial charge on any atom is -0.491 e. The molecule has 0 heterocycles. The van der Waals surface area contributed by atoms with Gasteiger partial charge in [-0.15, -0.1) is 0 Å². The van der Waals surface area contributed by atoms with Gasteiger partial charge in [-0.05, 0) is 56.3 Å². The van der Waals surface area contributed by atoms with Gasteiger partial charge in [0.2, 0.25) is 10.0 Å². The summed E-state index contributed by atoms with van der Waals surface area (Å²) in [5.74, 6) is 0.275. The number of nitrogens with one attached hydrogen (secondary N) is 1. The van der Waals surface area contributed by atoms with Gasteiger partial charge < -0.3 is 10.1 Å². The summed E-state index contributed by atoms with van der Waals surface area (Å²) in [6, 6.07) is 11.2. The summed E-state index contributed by atoms with van der Waals surface area (Å²) in [4.78, 5) is 12.5. The third kappa shape index (κ3) is 5.25. The van der Waals surface area contributed by atoms with Gasteiger partial charge >= 0.3 is 0 Å². The van der Waals surface area contributed by atoms with Gasteiger partial charge in [0.25, 0.3) is 5.91 Å². The van der Waals surface area contributed by atoms with E-state index in [1.165, 1.54) is 22.5 Å². The fraction of sp³-hybridized carbons (Fsp3) is 0.350. The predicted octanol–water partition coefficient (Wildman–Crippen LogP) is 4.41. The van der Waals surface area contributed by atoms with Crippen LogP contribution in [0.2, 0.25) is 5.02 Å². The van der Waals surface area contributed by atoms with Crippen molar-refractivity contribution in [2.45, 2.75) is 38.7 Å². The molecule has 0 bridgehead atoms. The van der Waals surface area contributed by atoms with Gasteiger partial charge in [-0.25, -0.2) is 8.42 Å². The van der Waals surface area contributed by atoms with Crippen LogP contribution in [0.1, 0.15) is 38.1 Å². The Labute approximate surface area is 171 Å². The first-order chi connectivity index (χ1) is 13.2. The van der Waals surface area contributed by atoms with Crippen molar-refractivity contribution in [1.29, 1.82) is 0 Å². The minimum absolute atomic E-state index is 0.0562. The van der Waals surface area contributed by atoms with Gasteiger partial charge in [0.05, 0.1) is 11.1 Å². The van der Waals surface area contributed by atoms with Crippen molar-refractivity contribution in [1.82, 2.24) is 4.31 Å². The number of hydrogen-bond acceptors (Lipinski definition) is 4. The largest absolute Gasteiger partial charge is 0.491 e. The van der Waals surface area contributed by atoms with E-state index in [9.17, 15) is 13.2 Å². The van der Waals surface area contributed by atoms with Crippen LogP contribution < -0.4 is 10.1 Å². The normalized spacial score (nSPS) is 11.7. The molecule has 0 radical (unpaired) electrons. The molecule has 0 aliphatic carbocycles. The van der Waals surface area contributed by atoms with Crippen LogP contribution in [0.3, 0.4) is 0 Å². The molecule has 0 aromatic heterocycles. The Hall–Kier alpha value is -2.09. The monoisotopic (exact) mass is 424 g/mol. The van der Waals surface area contributed by atoms with E-state index in [0.717, 1.165) is 0 Å². The Morgan fingerprint density at radius 2 is 1.71 bits per heavy atom. The molecule has 0 fully saturated rings. The van der Waals surface area contributed by atoms with E-state index in [0.29, 0.717) is 24.5 Å². The van der Waals surface area contributed by atoms with E-state index in [1.54, 1.807) is 38.1 Å². The Bertz CT molecular complexity index is 924. The molecule has 6 nitrogen and oxygen atoms in total. The second-order valence-corrected chi connectivity index (χ2v) is 8.69. The first kappa shape index (κ1) is 22.2. The topological polar surface area (TPSA) is 75.7 Å². The lowest BCUT2D eigenvalue weighted by Gasteiger charge is -2.19. The van der Waals surface area contributed by atoms with Gasteiger partial charge in [-0.2, -0.15) is 4.31 Å². The molecule has 0 saturated carbocycles. The van der Waals surface area contributed by atoms with Crippen LogP contribution in [0.15, 0.2) is 47.4 Å². The van der Waals surface area contributed by atoms with Crippen LogP contribution in [0.25, 0.3) is 0 Å². The first-order valence-electron chi connectivity index (χ1n) is 9.06. The van der Waals surface area contributed by atoms with Crippen molar-refractivity contribution in [3.8, 4) is 5.75 Å². The summed E-state index contributed by atoms with van der Waals surface area (Å²) in [6.07, 6.45) is 0.0562. The standard InChI is InChI=1S/C20H25ClN2O4S/c1-5-23(6-2)28(25,26)19-13-15(7-12-18(19)21)20(24)22-16-8-10-17(11-9-16)27-14(3)4/h7-14H,5-6H2,1-4H3,(H,22,24). The molecule has 2 rings (SSSR count). The smallest absolute Gasteiger partial charge is 0.255 e. The maximum absolute atomic E-state index is 12.8. The van der Waals surface area contributed by atoms with Crippen molar-refractivity contribution in [2.75, 3.05) is 18.4 Å². The summed E-state index contributed by atoms with van der Waals surface area (Å²) >= 11 is 6.11. The Morgan fingerprint density at radius 1 is 1.11 bits per heavy atom. The molecule has 0 saturated heterocycles. The summed E-state index contributed by atoms with van der Waals surface area (Å²) in [7, 11) is -3.77. The van der Waals surface area contributed by atoms with Crippen molar-refractivity contribution >= 4 is 33.2 Å². The maximum atomic E-state index is 12.8. The van der Waals surface area contributed by atoms with Crippen LogP contribution >= 0.6 is 11.6 Å². The number of hydrogen-bond donors (Lipinski definition) is 1. The average molecular weight is 425 g/mol. The average Bonchev–Trinajstić information content (AvgIpc) is 2.63. The Morgan fingerprint density at radius 3 is 2.25 bits per heavy atom. The van der Waals surface area contributed by atoms with Crippen LogP contribution in [-0.2, 0) is 10.0 Å². The van der Waals surface area contributed by atoms with Crippen molar-refractivity contribution in [2.24, 2.45) is 0 Å². The molecule has 2 aromatic rings. The third-order valence-corrected chi connectivity index (χ3v) is 6.53. The number of halogens is 1. The highest BCUT2D eigenvalue weighted by atomic mass is 35.5. The fourth-order valence-corrected chi connectivity index (χ4v) is 4.60. The van der Waals surface area contributed by atoms with E-state index < -0.39 is 15.9 Å². The zero-order valence-electron chi connectivity index (χ0n) is 16.4. The second-order valence-electron chi connectivity index (χ2n) is 6.38. The number of anilines is 1. The van der Waals surface area contributed by atoms with Crippen molar-refractivity contribution in [3.63, 3.8) is 0 Å². The zero-order valence-corrected chi connectivity index (χ0v) is 18.0. The van der Waals surface area contributed by atoms with Crippen LogP contribution in [0.5, 0.6) is 5.75 Å². The van der Waals surface area contributed by atoms with E-state index in [1.807, 2.05) is 13.8 Å². The Balaban J connectivity index is 2.25. The number of carbonyl (C=O) groups is 1. The molecular formula is C20H25ClN2O4S. The summed E-state index contributed by atoms with van der Waals surface area (Å²) < 4.78 is 32.4. The molecule has 152 valence electrons. The molecule has 0 aliphatic rings. The van der Waals surface area contributed by atoms with Crippen LogP contribution in [0.4, 0.5) is 5.69 Å². The quantitative estimate of drug-likeness (QED) is 0.681. The summed E-state index contributed by atoms with van der Waals surface area (Å²) in [5, 5.41) is 2.83. The number of benzene rings is 2.